The molecule has 0 aliphatic carbocycles. The molecule has 0 aliphatic rings. The lowest BCUT2D eigenvalue weighted by atomic mass is 10.0. The van der Waals surface area contributed by atoms with Crippen molar-refractivity contribution in [3.63, 3.8) is 0 Å². The lowest BCUT2D eigenvalue weighted by Crippen LogP contribution is -2.24. The third-order valence-corrected chi connectivity index (χ3v) is 4.20. The van der Waals surface area contributed by atoms with Crippen molar-refractivity contribution in [2.24, 2.45) is 16.5 Å². The number of hydrogen-bond acceptors (Lipinski definition) is 3. The molecule has 5 N–H and O–H groups in total. The highest BCUT2D eigenvalue weighted by molar-refractivity contribution is 6.05. The zero-order chi connectivity index (χ0) is 24.9. The predicted molar refractivity (Wildman–Crippen MR) is 116 cm³/mol. The molecule has 3 aromatic rings. The Bertz CT molecular complexity index is 1340. The van der Waals surface area contributed by atoms with Crippen molar-refractivity contribution in [3.05, 3.63) is 94.4 Å². The first kappa shape index (κ1) is 23.9. The van der Waals surface area contributed by atoms with Gasteiger partial charge in [0.05, 0.1) is 11.1 Å². The van der Waals surface area contributed by atoms with Crippen LogP contribution < -0.4 is 16.8 Å². The Morgan fingerprint density at radius 1 is 0.971 bits per heavy atom. The van der Waals surface area contributed by atoms with Crippen LogP contribution in [0.2, 0.25) is 0 Å². The van der Waals surface area contributed by atoms with E-state index >= 15 is 0 Å². The number of amides is 2. The monoisotopic (exact) mass is 469 g/mol. The van der Waals surface area contributed by atoms with Gasteiger partial charge < -0.3 is 16.8 Å². The number of alkyl halides is 3. The molecule has 0 fully saturated rings. The molecule has 1 aromatic heterocycles. The first-order valence-corrected chi connectivity index (χ1v) is 9.43. The topological polar surface area (TPSA) is 123 Å². The zero-order valence-corrected chi connectivity index (χ0v) is 17.2. The van der Waals surface area contributed by atoms with Crippen molar-refractivity contribution < 1.29 is 27.2 Å². The highest BCUT2D eigenvalue weighted by Crippen LogP contribution is 2.32. The number of pyridine rings is 1. The Morgan fingerprint density at radius 3 is 2.35 bits per heavy atom. The summed E-state index contributed by atoms with van der Waals surface area (Å²) in [4.78, 5) is 31.6. The van der Waals surface area contributed by atoms with Gasteiger partial charge in [-0.3, -0.25) is 9.59 Å². The number of nitrogens with one attached hydrogen (secondary N) is 1. The Kier molecular flexibility index (Phi) is 6.92. The molecule has 7 nitrogen and oxygen atoms in total. The number of guanidine groups is 1. The van der Waals surface area contributed by atoms with Crippen LogP contribution >= 0.6 is 0 Å². The molecule has 0 atom stereocenters. The fraction of sp³-hybridized carbons (Fsp3) is 0.0435. The van der Waals surface area contributed by atoms with E-state index in [4.69, 9.17) is 11.5 Å². The fourth-order valence-electron chi connectivity index (χ4n) is 2.79. The van der Waals surface area contributed by atoms with Gasteiger partial charge in [-0.05, 0) is 48.5 Å². The second kappa shape index (κ2) is 9.83. The summed E-state index contributed by atoms with van der Waals surface area (Å²) in [7, 11) is 0. The van der Waals surface area contributed by atoms with Gasteiger partial charge in [-0.2, -0.15) is 18.2 Å². The van der Waals surface area contributed by atoms with Gasteiger partial charge in [0, 0.05) is 22.9 Å². The van der Waals surface area contributed by atoms with Crippen LogP contribution in [0, 0.1) is 17.7 Å². The molecule has 2 amide bonds. The first-order valence-electron chi connectivity index (χ1n) is 9.43. The number of carbonyl (C=O) groups is 2. The van der Waals surface area contributed by atoms with E-state index in [2.05, 4.69) is 27.1 Å². The number of rotatable bonds is 3. The predicted octanol–water partition coefficient (Wildman–Crippen LogP) is 3.31. The van der Waals surface area contributed by atoms with Crippen molar-refractivity contribution in [2.45, 2.75) is 6.18 Å². The average molecular weight is 469 g/mol. The molecular formula is C23H15F4N5O2. The van der Waals surface area contributed by atoms with Crippen LogP contribution in [0.4, 0.5) is 23.4 Å². The van der Waals surface area contributed by atoms with Gasteiger partial charge in [0.25, 0.3) is 11.8 Å². The number of benzene rings is 2. The van der Waals surface area contributed by atoms with Gasteiger partial charge in [0.2, 0.25) is 0 Å². The van der Waals surface area contributed by atoms with Crippen LogP contribution in [0.1, 0.15) is 37.4 Å². The Morgan fingerprint density at radius 2 is 1.71 bits per heavy atom. The van der Waals surface area contributed by atoms with Crippen molar-refractivity contribution in [1.29, 1.82) is 0 Å². The summed E-state index contributed by atoms with van der Waals surface area (Å²) in [5, 5.41) is 2.30. The summed E-state index contributed by atoms with van der Waals surface area (Å²) in [5.41, 5.74) is 8.34. The van der Waals surface area contributed by atoms with Crippen molar-refractivity contribution in [2.75, 3.05) is 5.32 Å². The third-order valence-electron chi connectivity index (χ3n) is 4.20. The number of anilines is 1. The lowest BCUT2D eigenvalue weighted by Gasteiger charge is -2.13. The first-order chi connectivity index (χ1) is 16.0. The number of aromatic nitrogens is 1. The van der Waals surface area contributed by atoms with Crippen LogP contribution in [0.25, 0.3) is 0 Å². The van der Waals surface area contributed by atoms with Crippen molar-refractivity contribution >= 4 is 23.6 Å². The number of nitrogens with two attached hydrogens (primary N) is 2. The Labute approximate surface area is 190 Å². The Hall–Kier alpha value is -4.72. The molecule has 0 bridgehead atoms. The molecule has 1 heterocycles. The van der Waals surface area contributed by atoms with E-state index in [0.29, 0.717) is 0 Å². The normalized spacial score (nSPS) is 10.6. The highest BCUT2D eigenvalue weighted by Gasteiger charge is 2.35. The van der Waals surface area contributed by atoms with Gasteiger partial charge in [-0.1, -0.05) is 17.9 Å². The molecule has 11 heteroatoms. The van der Waals surface area contributed by atoms with E-state index in [1.807, 2.05) is 0 Å². The van der Waals surface area contributed by atoms with Gasteiger partial charge >= 0.3 is 6.18 Å². The minimum absolute atomic E-state index is 0.0357. The van der Waals surface area contributed by atoms with E-state index in [1.54, 1.807) is 12.1 Å². The van der Waals surface area contributed by atoms with E-state index in [0.717, 1.165) is 30.3 Å². The minimum Gasteiger partial charge on any atom is -0.370 e. The van der Waals surface area contributed by atoms with E-state index in [-0.39, 0.29) is 22.5 Å². The number of nitrogens with zero attached hydrogens (tertiary/aromatic N) is 2. The molecule has 34 heavy (non-hydrogen) atoms. The van der Waals surface area contributed by atoms with Crippen LogP contribution in [-0.4, -0.2) is 22.8 Å². The molecule has 0 aliphatic heterocycles. The maximum Gasteiger partial charge on any atom is 0.417 e. The molecule has 0 unspecified atom stereocenters. The smallest absolute Gasteiger partial charge is 0.370 e. The number of hydrogen-bond donors (Lipinski definition) is 3. The largest absolute Gasteiger partial charge is 0.417 e. The average Bonchev–Trinajstić information content (AvgIpc) is 2.76. The second-order valence-electron chi connectivity index (χ2n) is 6.75. The number of aliphatic imine (C=N–C) groups is 1. The number of carbonyl (C=O) groups excluding carboxylic acids is 2. The molecule has 3 rings (SSSR count). The van der Waals surface area contributed by atoms with E-state index in [9.17, 15) is 27.2 Å². The molecule has 0 radical (unpaired) electrons. The fourth-order valence-corrected chi connectivity index (χ4v) is 2.79. The zero-order valence-electron chi connectivity index (χ0n) is 17.2. The SMILES string of the molecule is NC(N)=NC(=O)c1cc(F)cc(C#Cc2ccc(C(F)(F)F)c(C(=O)Nc3ccccn3)c2)c1. The Balaban J connectivity index is 1.98. The third kappa shape index (κ3) is 6.17. The summed E-state index contributed by atoms with van der Waals surface area (Å²) in [6.07, 6.45) is -3.43. The van der Waals surface area contributed by atoms with Crippen LogP contribution in [0.3, 0.4) is 0 Å². The molecular weight excluding hydrogens is 454 g/mol. The summed E-state index contributed by atoms with van der Waals surface area (Å²) < 4.78 is 54.3. The summed E-state index contributed by atoms with van der Waals surface area (Å²) in [5.74, 6) is 1.92. The minimum atomic E-state index is -4.80. The molecule has 0 saturated carbocycles. The van der Waals surface area contributed by atoms with E-state index < -0.39 is 40.9 Å². The number of halogens is 4. The van der Waals surface area contributed by atoms with Gasteiger partial charge in [-0.15, -0.1) is 0 Å². The van der Waals surface area contributed by atoms with Crippen LogP contribution in [-0.2, 0) is 6.18 Å². The maximum absolute atomic E-state index is 13.9. The summed E-state index contributed by atoms with van der Waals surface area (Å²) in [6, 6.07) is 10.4. The lowest BCUT2D eigenvalue weighted by molar-refractivity contribution is -0.137. The van der Waals surface area contributed by atoms with E-state index in [1.165, 1.54) is 18.3 Å². The molecule has 0 saturated heterocycles. The molecule has 172 valence electrons. The van der Waals surface area contributed by atoms with Gasteiger partial charge in [0.1, 0.15) is 11.6 Å². The van der Waals surface area contributed by atoms with Gasteiger partial charge in [-0.25, -0.2) is 9.37 Å². The summed E-state index contributed by atoms with van der Waals surface area (Å²) in [6.45, 7) is 0. The standard InChI is InChI=1S/C23H15F4N5O2/c24-16-10-14(9-15(12-16)20(33)32-22(28)29)5-4-13-6-7-18(23(25,26)27)17(11-13)21(34)31-19-3-1-2-8-30-19/h1-3,6-12H,(H,30,31,34)(H4,28,29,32,33). The van der Waals surface area contributed by atoms with Crippen molar-refractivity contribution in [3.8, 4) is 11.8 Å². The summed E-state index contributed by atoms with van der Waals surface area (Å²) >= 11 is 0. The van der Waals surface area contributed by atoms with Gasteiger partial charge in [0.15, 0.2) is 5.96 Å². The van der Waals surface area contributed by atoms with Crippen molar-refractivity contribution in [1.82, 2.24) is 4.98 Å². The second-order valence-corrected chi connectivity index (χ2v) is 6.75. The van der Waals surface area contributed by atoms with Crippen LogP contribution in [0.15, 0.2) is 65.8 Å². The molecule has 2 aromatic carbocycles. The van der Waals surface area contributed by atoms with Crippen LogP contribution in [0.5, 0.6) is 0 Å². The quantitative estimate of drug-likeness (QED) is 0.235. The highest BCUT2D eigenvalue weighted by atomic mass is 19.4. The molecule has 0 spiro atoms. The maximum atomic E-state index is 13.9.